The maximum absolute atomic E-state index is 12.4. The lowest BCUT2D eigenvalue weighted by molar-refractivity contribution is 0.101. The molecule has 0 saturated carbocycles. The summed E-state index contributed by atoms with van der Waals surface area (Å²) in [4.78, 5) is 29.0. The van der Waals surface area contributed by atoms with E-state index in [2.05, 4.69) is 15.6 Å². The van der Waals surface area contributed by atoms with Gasteiger partial charge in [0.15, 0.2) is 0 Å². The maximum atomic E-state index is 12.4. The van der Waals surface area contributed by atoms with Gasteiger partial charge in [-0.05, 0) is 48.0 Å². The molecule has 0 aliphatic carbocycles. The van der Waals surface area contributed by atoms with Crippen LogP contribution < -0.4 is 15.4 Å². The topological polar surface area (TPSA) is 85.2 Å². The molecular formula is C25H22N4O3. The van der Waals surface area contributed by atoms with Gasteiger partial charge in [0.05, 0.1) is 13.4 Å². The summed E-state index contributed by atoms with van der Waals surface area (Å²) < 4.78 is 7.00. The first-order chi connectivity index (χ1) is 15.6. The van der Waals surface area contributed by atoms with E-state index in [9.17, 15) is 9.59 Å². The average molecular weight is 426 g/mol. The molecule has 0 spiro atoms. The fraction of sp³-hybridized carbons (Fsp3) is 0.0800. The Labute approximate surface area is 185 Å². The zero-order valence-electron chi connectivity index (χ0n) is 17.5. The predicted molar refractivity (Wildman–Crippen MR) is 123 cm³/mol. The molecule has 0 unspecified atom stereocenters. The average Bonchev–Trinajstić information content (AvgIpc) is 3.30. The van der Waals surface area contributed by atoms with Crippen LogP contribution in [0.25, 0.3) is 0 Å². The molecule has 7 nitrogen and oxygen atoms in total. The molecule has 0 aliphatic rings. The van der Waals surface area contributed by atoms with Crippen LogP contribution in [0.1, 0.15) is 26.4 Å². The van der Waals surface area contributed by atoms with Crippen LogP contribution in [-0.2, 0) is 6.54 Å². The van der Waals surface area contributed by atoms with Crippen LogP contribution in [0, 0.1) is 0 Å². The molecule has 1 heterocycles. The van der Waals surface area contributed by atoms with E-state index in [1.165, 1.54) is 0 Å². The monoisotopic (exact) mass is 426 g/mol. The summed E-state index contributed by atoms with van der Waals surface area (Å²) in [6, 6.07) is 23.8. The summed E-state index contributed by atoms with van der Waals surface area (Å²) in [6.45, 7) is 0.551. The first-order valence-corrected chi connectivity index (χ1v) is 10.0. The summed E-state index contributed by atoms with van der Waals surface area (Å²) >= 11 is 0. The Morgan fingerprint density at radius 2 is 1.59 bits per heavy atom. The van der Waals surface area contributed by atoms with Crippen LogP contribution in [-0.4, -0.2) is 28.5 Å². The molecule has 4 rings (SSSR count). The van der Waals surface area contributed by atoms with E-state index in [-0.39, 0.29) is 11.8 Å². The zero-order valence-corrected chi connectivity index (χ0v) is 17.5. The van der Waals surface area contributed by atoms with E-state index < -0.39 is 0 Å². The van der Waals surface area contributed by atoms with Crippen LogP contribution in [0.15, 0.2) is 91.4 Å². The molecule has 1 aromatic heterocycles. The molecule has 0 radical (unpaired) electrons. The summed E-state index contributed by atoms with van der Waals surface area (Å²) in [6.07, 6.45) is 3.33. The zero-order chi connectivity index (χ0) is 22.3. The van der Waals surface area contributed by atoms with Crippen molar-refractivity contribution < 1.29 is 14.3 Å². The molecule has 0 fully saturated rings. The lowest BCUT2D eigenvalue weighted by Gasteiger charge is -2.08. The van der Waals surface area contributed by atoms with Gasteiger partial charge in [0.25, 0.3) is 11.8 Å². The highest BCUT2D eigenvalue weighted by Gasteiger charge is 2.10. The number of imidazole rings is 1. The van der Waals surface area contributed by atoms with Gasteiger partial charge in [-0.2, -0.15) is 0 Å². The predicted octanol–water partition coefficient (Wildman–Crippen LogP) is 4.44. The van der Waals surface area contributed by atoms with E-state index in [1.54, 1.807) is 43.9 Å². The van der Waals surface area contributed by atoms with E-state index in [4.69, 9.17) is 4.74 Å². The Balaban J connectivity index is 1.35. The third kappa shape index (κ3) is 5.20. The fourth-order valence-corrected chi connectivity index (χ4v) is 3.15. The molecule has 32 heavy (non-hydrogen) atoms. The number of nitrogens with zero attached hydrogens (tertiary/aromatic N) is 2. The Kier molecular flexibility index (Phi) is 6.27. The van der Waals surface area contributed by atoms with Gasteiger partial charge in [0, 0.05) is 29.7 Å². The van der Waals surface area contributed by atoms with Crippen LogP contribution >= 0.6 is 0 Å². The van der Waals surface area contributed by atoms with Gasteiger partial charge in [0.1, 0.15) is 11.4 Å². The number of anilines is 2. The Hall–Kier alpha value is -4.39. The highest BCUT2D eigenvalue weighted by Crippen LogP contribution is 2.16. The fourth-order valence-electron chi connectivity index (χ4n) is 3.15. The van der Waals surface area contributed by atoms with Crippen molar-refractivity contribution in [1.82, 2.24) is 9.55 Å². The van der Waals surface area contributed by atoms with E-state index in [0.717, 1.165) is 11.3 Å². The minimum atomic E-state index is -0.259. The molecule has 0 aliphatic heterocycles. The molecule has 4 aromatic rings. The summed E-state index contributed by atoms with van der Waals surface area (Å²) in [7, 11) is 1.56. The van der Waals surface area contributed by atoms with Gasteiger partial charge in [-0.25, -0.2) is 4.98 Å². The van der Waals surface area contributed by atoms with Crippen molar-refractivity contribution in [2.75, 3.05) is 17.7 Å². The molecule has 7 heteroatoms. The smallest absolute Gasteiger partial charge is 0.275 e. The van der Waals surface area contributed by atoms with Crippen molar-refractivity contribution in [3.05, 3.63) is 108 Å². The highest BCUT2D eigenvalue weighted by molar-refractivity contribution is 6.04. The Morgan fingerprint density at radius 1 is 0.875 bits per heavy atom. The number of nitrogens with one attached hydrogen (secondary N) is 2. The van der Waals surface area contributed by atoms with Gasteiger partial charge >= 0.3 is 0 Å². The lowest BCUT2D eigenvalue weighted by Crippen LogP contribution is -2.12. The number of hydrogen-bond donors (Lipinski definition) is 2. The molecular weight excluding hydrogens is 404 g/mol. The van der Waals surface area contributed by atoms with Crippen molar-refractivity contribution in [2.24, 2.45) is 0 Å². The number of carbonyl (C=O) groups is 2. The third-order valence-corrected chi connectivity index (χ3v) is 4.81. The van der Waals surface area contributed by atoms with Crippen LogP contribution in [0.4, 0.5) is 11.4 Å². The van der Waals surface area contributed by atoms with E-state index in [1.807, 2.05) is 59.2 Å². The second-order valence-electron chi connectivity index (χ2n) is 7.13. The van der Waals surface area contributed by atoms with E-state index in [0.29, 0.717) is 29.2 Å². The Bertz CT molecular complexity index is 1220. The van der Waals surface area contributed by atoms with Crippen LogP contribution in [0.3, 0.4) is 0 Å². The number of methoxy groups -OCH3 is 1. The largest absolute Gasteiger partial charge is 0.497 e. The summed E-state index contributed by atoms with van der Waals surface area (Å²) in [5, 5.41) is 5.70. The van der Waals surface area contributed by atoms with Gasteiger partial charge in [-0.15, -0.1) is 0 Å². The van der Waals surface area contributed by atoms with Crippen LogP contribution in [0.2, 0.25) is 0 Å². The summed E-state index contributed by atoms with van der Waals surface area (Å²) in [5.41, 5.74) is 3.29. The maximum Gasteiger partial charge on any atom is 0.275 e. The molecule has 0 saturated heterocycles. The third-order valence-electron chi connectivity index (χ3n) is 4.81. The molecule has 3 aromatic carbocycles. The number of rotatable bonds is 7. The second kappa shape index (κ2) is 9.61. The number of carbonyl (C=O) groups excluding carboxylic acids is 2. The lowest BCUT2D eigenvalue weighted by atomic mass is 10.1. The standard InChI is InChI=1S/C25H22N4O3/c1-32-22-9-5-6-19(14-22)24(30)27-21-12-10-18(11-13-21)15-29-16-23(26-17-29)25(31)28-20-7-3-2-4-8-20/h2-14,16-17H,15H2,1H3,(H,27,30)(H,28,31). The SMILES string of the molecule is COc1cccc(C(=O)Nc2ccc(Cn3cnc(C(=O)Nc4ccccc4)c3)cc2)c1. The molecule has 160 valence electrons. The minimum absolute atomic E-state index is 0.208. The van der Waals surface area contributed by atoms with Crippen LogP contribution in [0.5, 0.6) is 5.75 Å². The number of amides is 2. The molecule has 0 bridgehead atoms. The van der Waals surface area contributed by atoms with Crippen molar-refractivity contribution in [2.45, 2.75) is 6.54 Å². The first-order valence-electron chi connectivity index (χ1n) is 10.0. The van der Waals surface area contributed by atoms with Gasteiger partial charge in [-0.3, -0.25) is 9.59 Å². The Morgan fingerprint density at radius 3 is 2.34 bits per heavy atom. The number of aromatic nitrogens is 2. The second-order valence-corrected chi connectivity index (χ2v) is 7.13. The number of hydrogen-bond acceptors (Lipinski definition) is 4. The first kappa shape index (κ1) is 20.9. The van der Waals surface area contributed by atoms with Gasteiger partial charge in [0.2, 0.25) is 0 Å². The number of ether oxygens (including phenoxy) is 1. The van der Waals surface area contributed by atoms with Gasteiger partial charge < -0.3 is 19.9 Å². The molecule has 0 atom stereocenters. The quantitative estimate of drug-likeness (QED) is 0.457. The van der Waals surface area contributed by atoms with Gasteiger partial charge in [-0.1, -0.05) is 36.4 Å². The molecule has 2 N–H and O–H groups in total. The van der Waals surface area contributed by atoms with Crippen molar-refractivity contribution in [1.29, 1.82) is 0 Å². The van der Waals surface area contributed by atoms with E-state index >= 15 is 0 Å². The van der Waals surface area contributed by atoms with Crippen molar-refractivity contribution in [3.63, 3.8) is 0 Å². The normalized spacial score (nSPS) is 10.4. The van der Waals surface area contributed by atoms with Crippen molar-refractivity contribution >= 4 is 23.2 Å². The highest BCUT2D eigenvalue weighted by atomic mass is 16.5. The summed E-state index contributed by atoms with van der Waals surface area (Å²) in [5.74, 6) is 0.163. The van der Waals surface area contributed by atoms with Crippen molar-refractivity contribution in [3.8, 4) is 5.75 Å². The number of para-hydroxylation sites is 1. The number of benzene rings is 3. The molecule has 2 amide bonds. The minimum Gasteiger partial charge on any atom is -0.497 e.